The molecule has 2 amide bonds. The Morgan fingerprint density at radius 3 is 2.52 bits per heavy atom. The minimum absolute atomic E-state index is 0.0375. The van der Waals surface area contributed by atoms with Crippen LogP contribution in [-0.4, -0.2) is 63.3 Å². The summed E-state index contributed by atoms with van der Waals surface area (Å²) in [6.07, 6.45) is 0.509. The van der Waals surface area contributed by atoms with Crippen molar-refractivity contribution in [3.63, 3.8) is 0 Å². The first-order chi connectivity index (χ1) is 12.8. The molecule has 0 aromatic carbocycles. The number of hydrogen-bond donors (Lipinski definition) is 3. The molecule has 9 nitrogen and oxygen atoms in total. The lowest BCUT2D eigenvalue weighted by Crippen LogP contribution is -2.47. The minimum Gasteiger partial charge on any atom is -0.465 e. The van der Waals surface area contributed by atoms with E-state index in [-0.39, 0.29) is 31.4 Å². The van der Waals surface area contributed by atoms with Gasteiger partial charge in [0.25, 0.3) is 0 Å². The molecule has 3 atom stereocenters. The summed E-state index contributed by atoms with van der Waals surface area (Å²) in [5.41, 5.74) is 0.759. The lowest BCUT2D eigenvalue weighted by atomic mass is 9.90. The number of nitrogens with one attached hydrogen (secondary N) is 1. The first-order valence-electron chi connectivity index (χ1n) is 8.79. The summed E-state index contributed by atoms with van der Waals surface area (Å²) in [5, 5.41) is 21.7. The summed E-state index contributed by atoms with van der Waals surface area (Å²) in [5.74, 6) is -1.15. The highest BCUT2D eigenvalue weighted by molar-refractivity contribution is 5.90. The Morgan fingerprint density at radius 1 is 1.30 bits per heavy atom. The molecule has 0 aliphatic carbocycles. The predicted octanol–water partition coefficient (Wildman–Crippen LogP) is 1.26. The number of amides is 2. The Kier molecular flexibility index (Phi) is 7.12. The van der Waals surface area contributed by atoms with Gasteiger partial charge in [0, 0.05) is 18.9 Å². The van der Waals surface area contributed by atoms with Gasteiger partial charge < -0.3 is 25.2 Å². The molecule has 1 aliphatic rings. The number of hydrogen-bond acceptors (Lipinski definition) is 6. The standard InChI is InChI=1S/C18H25N3O6/c1-11(2)7-14(16(23)13-8-21(18(25)26)9-15(13)22)20-17(24)27-10-12-3-5-19-6-4-12/h3-6,11,13-15,22H,7-10H2,1-2H3,(H,20,24)(H,25,26)/t13?,14-,15?/m0/s1. The van der Waals surface area contributed by atoms with Crippen LogP contribution in [0.1, 0.15) is 25.8 Å². The number of ketones is 1. The fourth-order valence-corrected chi connectivity index (χ4v) is 3.01. The molecule has 0 bridgehead atoms. The molecule has 1 aromatic rings. The predicted molar refractivity (Wildman–Crippen MR) is 94.9 cm³/mol. The number of β-amino-alcohol motifs (C(OH)–C–C–N with tert-alkyl or cyclic N) is 1. The van der Waals surface area contributed by atoms with Gasteiger partial charge in [-0.3, -0.25) is 9.78 Å². The van der Waals surface area contributed by atoms with Crippen molar-refractivity contribution in [1.82, 2.24) is 15.2 Å². The second-order valence-corrected chi connectivity index (χ2v) is 7.02. The third-order valence-electron chi connectivity index (χ3n) is 4.39. The van der Waals surface area contributed by atoms with E-state index in [9.17, 15) is 19.5 Å². The van der Waals surface area contributed by atoms with Gasteiger partial charge in [0.05, 0.1) is 24.6 Å². The van der Waals surface area contributed by atoms with E-state index in [1.54, 1.807) is 24.5 Å². The van der Waals surface area contributed by atoms with Crippen molar-refractivity contribution >= 4 is 18.0 Å². The summed E-state index contributed by atoms with van der Waals surface area (Å²) in [6.45, 7) is 3.64. The molecule has 2 rings (SSSR count). The topological polar surface area (TPSA) is 129 Å². The Labute approximate surface area is 157 Å². The van der Waals surface area contributed by atoms with Crippen LogP contribution in [0.15, 0.2) is 24.5 Å². The van der Waals surface area contributed by atoms with E-state index in [0.29, 0.717) is 6.42 Å². The number of carbonyl (C=O) groups is 3. The van der Waals surface area contributed by atoms with Gasteiger partial charge >= 0.3 is 12.2 Å². The first kappa shape index (κ1) is 20.6. The van der Waals surface area contributed by atoms with Crippen molar-refractivity contribution in [2.45, 2.75) is 39.0 Å². The number of nitrogens with zero attached hydrogens (tertiary/aromatic N) is 2. The molecule has 1 aromatic heterocycles. The van der Waals surface area contributed by atoms with Gasteiger partial charge in [-0.1, -0.05) is 13.8 Å². The van der Waals surface area contributed by atoms with Gasteiger partial charge in [-0.25, -0.2) is 9.59 Å². The molecule has 3 N–H and O–H groups in total. The van der Waals surface area contributed by atoms with E-state index in [0.717, 1.165) is 10.5 Å². The Balaban J connectivity index is 1.98. The van der Waals surface area contributed by atoms with Crippen LogP contribution >= 0.6 is 0 Å². The Bertz CT molecular complexity index is 666. The highest BCUT2D eigenvalue weighted by Crippen LogP contribution is 2.21. The number of carboxylic acid groups (broad SMARTS) is 1. The lowest BCUT2D eigenvalue weighted by Gasteiger charge is -2.23. The highest BCUT2D eigenvalue weighted by atomic mass is 16.5. The maximum Gasteiger partial charge on any atom is 0.408 e. The molecule has 2 heterocycles. The summed E-state index contributed by atoms with van der Waals surface area (Å²) < 4.78 is 5.14. The first-order valence-corrected chi connectivity index (χ1v) is 8.79. The number of aliphatic hydroxyl groups is 1. The number of aromatic nitrogens is 1. The zero-order valence-corrected chi connectivity index (χ0v) is 15.4. The molecular formula is C18H25N3O6. The highest BCUT2D eigenvalue weighted by Gasteiger charge is 2.41. The second-order valence-electron chi connectivity index (χ2n) is 7.02. The molecule has 27 heavy (non-hydrogen) atoms. The van der Waals surface area contributed by atoms with Crippen molar-refractivity contribution < 1.29 is 29.3 Å². The van der Waals surface area contributed by atoms with Gasteiger partial charge in [-0.05, 0) is 30.0 Å². The third kappa shape index (κ3) is 5.92. The largest absolute Gasteiger partial charge is 0.465 e. The quantitative estimate of drug-likeness (QED) is 0.650. The Hall–Kier alpha value is -2.68. The third-order valence-corrected chi connectivity index (χ3v) is 4.39. The zero-order chi connectivity index (χ0) is 20.0. The van der Waals surface area contributed by atoms with Crippen LogP contribution in [0.3, 0.4) is 0 Å². The van der Waals surface area contributed by atoms with Crippen LogP contribution in [0.2, 0.25) is 0 Å². The van der Waals surface area contributed by atoms with Crippen LogP contribution in [-0.2, 0) is 16.1 Å². The monoisotopic (exact) mass is 379 g/mol. The summed E-state index contributed by atoms with van der Waals surface area (Å²) in [4.78, 5) is 40.9. The molecule has 9 heteroatoms. The number of carbonyl (C=O) groups excluding carboxylic acids is 2. The van der Waals surface area contributed by atoms with Gasteiger partial charge in [-0.2, -0.15) is 0 Å². The fraction of sp³-hybridized carbons (Fsp3) is 0.556. The number of Topliss-reactive ketones (excluding diaryl/α,β-unsaturated/α-hetero) is 1. The van der Waals surface area contributed by atoms with E-state index in [2.05, 4.69) is 10.3 Å². The van der Waals surface area contributed by atoms with Crippen LogP contribution in [0, 0.1) is 11.8 Å². The van der Waals surface area contributed by atoms with E-state index < -0.39 is 30.3 Å². The van der Waals surface area contributed by atoms with Gasteiger partial charge in [-0.15, -0.1) is 0 Å². The number of aliphatic hydroxyl groups excluding tert-OH is 1. The van der Waals surface area contributed by atoms with Crippen molar-refractivity contribution in [3.8, 4) is 0 Å². The maximum absolute atomic E-state index is 12.8. The summed E-state index contributed by atoms with van der Waals surface area (Å²) in [6, 6.07) is 2.56. The second kappa shape index (κ2) is 9.31. The summed E-state index contributed by atoms with van der Waals surface area (Å²) in [7, 11) is 0. The average Bonchev–Trinajstić information content (AvgIpc) is 3.01. The molecule has 2 unspecified atom stereocenters. The summed E-state index contributed by atoms with van der Waals surface area (Å²) >= 11 is 0. The van der Waals surface area contributed by atoms with E-state index in [1.165, 1.54) is 0 Å². The van der Waals surface area contributed by atoms with E-state index >= 15 is 0 Å². The Morgan fingerprint density at radius 2 is 1.96 bits per heavy atom. The van der Waals surface area contributed by atoms with Gasteiger partial charge in [0.2, 0.25) is 0 Å². The normalized spacial score (nSPS) is 20.4. The zero-order valence-electron chi connectivity index (χ0n) is 15.4. The van der Waals surface area contributed by atoms with Crippen LogP contribution < -0.4 is 5.32 Å². The molecule has 1 saturated heterocycles. The van der Waals surface area contributed by atoms with Crippen molar-refractivity contribution in [2.75, 3.05) is 13.1 Å². The van der Waals surface area contributed by atoms with Crippen LogP contribution in [0.5, 0.6) is 0 Å². The minimum atomic E-state index is -1.19. The van der Waals surface area contributed by atoms with Crippen LogP contribution in [0.4, 0.5) is 9.59 Å². The number of pyridine rings is 1. The van der Waals surface area contributed by atoms with Crippen molar-refractivity contribution in [3.05, 3.63) is 30.1 Å². The van der Waals surface area contributed by atoms with E-state index in [1.807, 2.05) is 13.8 Å². The number of ether oxygens (including phenoxy) is 1. The molecule has 148 valence electrons. The molecule has 1 aliphatic heterocycles. The number of likely N-dealkylation sites (tertiary alicyclic amines) is 1. The van der Waals surface area contributed by atoms with Crippen molar-refractivity contribution in [2.24, 2.45) is 11.8 Å². The number of alkyl carbamates (subject to hydrolysis) is 1. The SMILES string of the molecule is CC(C)C[C@H](NC(=O)OCc1ccncc1)C(=O)C1CN(C(=O)O)CC1O. The maximum atomic E-state index is 12.8. The van der Waals surface area contributed by atoms with Gasteiger partial charge in [0.15, 0.2) is 5.78 Å². The molecule has 0 saturated carbocycles. The molecular weight excluding hydrogens is 354 g/mol. The smallest absolute Gasteiger partial charge is 0.408 e. The van der Waals surface area contributed by atoms with Crippen molar-refractivity contribution in [1.29, 1.82) is 0 Å². The van der Waals surface area contributed by atoms with Crippen LogP contribution in [0.25, 0.3) is 0 Å². The fourth-order valence-electron chi connectivity index (χ4n) is 3.01. The lowest BCUT2D eigenvalue weighted by molar-refractivity contribution is -0.127. The molecule has 0 radical (unpaired) electrons. The average molecular weight is 379 g/mol. The number of rotatable bonds is 7. The van der Waals surface area contributed by atoms with Gasteiger partial charge in [0.1, 0.15) is 6.61 Å². The molecule has 0 spiro atoms. The molecule has 1 fully saturated rings. The van der Waals surface area contributed by atoms with E-state index in [4.69, 9.17) is 9.84 Å².